The van der Waals surface area contributed by atoms with E-state index in [4.69, 9.17) is 11.6 Å². The highest BCUT2D eigenvalue weighted by Gasteiger charge is 2.39. The second-order valence-electron chi connectivity index (χ2n) is 9.43. The summed E-state index contributed by atoms with van der Waals surface area (Å²) in [6.45, 7) is 2.89. The number of amides is 2. The molecule has 33 heavy (non-hydrogen) atoms. The minimum Gasteiger partial charge on any atom is -0.367 e. The van der Waals surface area contributed by atoms with Gasteiger partial charge >= 0.3 is 0 Å². The van der Waals surface area contributed by atoms with Gasteiger partial charge in [0.1, 0.15) is 0 Å². The zero-order valence-electron chi connectivity index (χ0n) is 18.8. The summed E-state index contributed by atoms with van der Waals surface area (Å²) in [4.78, 5) is 29.7. The number of rotatable bonds is 4. The van der Waals surface area contributed by atoms with Crippen LogP contribution in [0.3, 0.4) is 0 Å². The molecule has 2 aromatic rings. The fourth-order valence-corrected chi connectivity index (χ4v) is 5.91. The van der Waals surface area contributed by atoms with E-state index in [1.54, 1.807) is 0 Å². The Morgan fingerprint density at radius 1 is 1.00 bits per heavy atom. The monoisotopic (exact) mass is 466 g/mol. The van der Waals surface area contributed by atoms with Crippen molar-refractivity contribution in [1.29, 1.82) is 0 Å². The zero-order valence-corrected chi connectivity index (χ0v) is 19.6. The summed E-state index contributed by atoms with van der Waals surface area (Å²) in [6, 6.07) is 16.1. The first kappa shape index (κ1) is 22.2. The van der Waals surface area contributed by atoms with E-state index >= 15 is 0 Å². The van der Waals surface area contributed by atoms with Crippen LogP contribution in [0.25, 0.3) is 0 Å². The molecule has 3 unspecified atom stereocenters. The number of carbonyl (C=O) groups is 2. The van der Waals surface area contributed by atoms with Crippen molar-refractivity contribution in [2.75, 3.05) is 31.1 Å². The summed E-state index contributed by atoms with van der Waals surface area (Å²) in [6.07, 6.45) is 5.20. The minimum absolute atomic E-state index is 0.0797. The molecule has 174 valence electrons. The second-order valence-corrected chi connectivity index (χ2v) is 9.84. The van der Waals surface area contributed by atoms with Gasteiger partial charge in [-0.1, -0.05) is 48.7 Å². The molecule has 3 atom stereocenters. The summed E-state index contributed by atoms with van der Waals surface area (Å²) in [5, 5.41) is 0.748. The number of hydrazine groups is 1. The number of hydrogen-bond acceptors (Lipinski definition) is 4. The van der Waals surface area contributed by atoms with E-state index in [0.717, 1.165) is 60.6 Å². The molecule has 2 aliphatic heterocycles. The SMILES string of the molecule is O=C1NNC(Cc2cccc(C(=O)N3CCN(c4ccccc4Cl)CC3)c2)C2CCCCC12. The second kappa shape index (κ2) is 9.74. The molecule has 5 rings (SSSR count). The Balaban J connectivity index is 1.23. The van der Waals surface area contributed by atoms with Gasteiger partial charge in [0.25, 0.3) is 5.91 Å². The minimum atomic E-state index is 0.0797. The van der Waals surface area contributed by atoms with Gasteiger partial charge in [-0.25, -0.2) is 5.43 Å². The predicted molar refractivity (Wildman–Crippen MR) is 130 cm³/mol. The average Bonchev–Trinajstić information content (AvgIpc) is 2.86. The molecule has 1 saturated carbocycles. The third-order valence-electron chi connectivity index (χ3n) is 7.44. The number of nitrogens with zero attached hydrogens (tertiary/aromatic N) is 2. The third kappa shape index (κ3) is 4.73. The number of para-hydroxylation sites is 1. The Bertz CT molecular complexity index is 1020. The van der Waals surface area contributed by atoms with Crippen LogP contribution in [0.4, 0.5) is 5.69 Å². The summed E-state index contributed by atoms with van der Waals surface area (Å²) in [5.41, 5.74) is 9.02. The van der Waals surface area contributed by atoms with Gasteiger partial charge < -0.3 is 9.80 Å². The van der Waals surface area contributed by atoms with Gasteiger partial charge in [-0.05, 0) is 55.0 Å². The van der Waals surface area contributed by atoms with Crippen molar-refractivity contribution in [1.82, 2.24) is 15.8 Å². The van der Waals surface area contributed by atoms with Gasteiger partial charge in [0, 0.05) is 43.7 Å². The number of anilines is 1. The maximum Gasteiger partial charge on any atom is 0.253 e. The normalized spacial score (nSPS) is 25.4. The van der Waals surface area contributed by atoms with Crippen LogP contribution in [0, 0.1) is 11.8 Å². The van der Waals surface area contributed by atoms with E-state index in [-0.39, 0.29) is 23.8 Å². The number of piperazine rings is 1. The number of hydrogen-bond donors (Lipinski definition) is 2. The fourth-order valence-electron chi connectivity index (χ4n) is 5.66. The molecule has 0 aromatic heterocycles. The van der Waals surface area contributed by atoms with Crippen LogP contribution in [-0.2, 0) is 11.2 Å². The highest BCUT2D eigenvalue weighted by atomic mass is 35.5. The van der Waals surface area contributed by atoms with E-state index in [1.807, 2.05) is 47.4 Å². The first-order chi connectivity index (χ1) is 16.1. The number of benzene rings is 2. The van der Waals surface area contributed by atoms with Gasteiger partial charge in [0.2, 0.25) is 5.91 Å². The summed E-state index contributed by atoms with van der Waals surface area (Å²) in [5.74, 6) is 0.695. The molecule has 2 saturated heterocycles. The maximum atomic E-state index is 13.2. The number of fused-ring (bicyclic) bond motifs is 1. The first-order valence-corrected chi connectivity index (χ1v) is 12.4. The van der Waals surface area contributed by atoms with Gasteiger partial charge in [0.05, 0.1) is 10.7 Å². The smallest absolute Gasteiger partial charge is 0.253 e. The van der Waals surface area contributed by atoms with E-state index in [0.29, 0.717) is 19.0 Å². The Hall–Kier alpha value is -2.57. The molecule has 2 amide bonds. The molecule has 3 aliphatic rings. The molecule has 3 fully saturated rings. The summed E-state index contributed by atoms with van der Waals surface area (Å²) in [7, 11) is 0. The maximum absolute atomic E-state index is 13.2. The van der Waals surface area contributed by atoms with Crippen LogP contribution in [0.1, 0.15) is 41.6 Å². The van der Waals surface area contributed by atoms with Crippen molar-refractivity contribution in [3.63, 3.8) is 0 Å². The van der Waals surface area contributed by atoms with Crippen molar-refractivity contribution < 1.29 is 9.59 Å². The molecule has 2 N–H and O–H groups in total. The van der Waals surface area contributed by atoms with E-state index in [1.165, 1.54) is 6.42 Å². The van der Waals surface area contributed by atoms with E-state index in [9.17, 15) is 9.59 Å². The first-order valence-electron chi connectivity index (χ1n) is 12.0. The lowest BCUT2D eigenvalue weighted by Gasteiger charge is -2.41. The van der Waals surface area contributed by atoms with Crippen LogP contribution in [0.5, 0.6) is 0 Å². The Morgan fingerprint density at radius 3 is 2.61 bits per heavy atom. The molecule has 7 heteroatoms. The van der Waals surface area contributed by atoms with Crippen LogP contribution in [0.15, 0.2) is 48.5 Å². The highest BCUT2D eigenvalue weighted by Crippen LogP contribution is 2.35. The van der Waals surface area contributed by atoms with Gasteiger partial charge in [-0.2, -0.15) is 0 Å². The van der Waals surface area contributed by atoms with Gasteiger partial charge in [-0.15, -0.1) is 0 Å². The van der Waals surface area contributed by atoms with Crippen molar-refractivity contribution >= 4 is 29.1 Å². The standard InChI is InChI=1S/C26H31ClN4O2/c27-22-10-3-4-11-24(22)30-12-14-31(15-13-30)26(33)19-7-5-6-18(16-19)17-23-20-8-1-2-9-21(20)25(32)29-28-23/h3-7,10-11,16,20-21,23,28H,1-2,8-9,12-15,17H2,(H,29,32). The lowest BCUT2D eigenvalue weighted by atomic mass is 9.72. The predicted octanol–water partition coefficient (Wildman–Crippen LogP) is 3.65. The Kier molecular flexibility index (Phi) is 6.56. The Labute approximate surface area is 200 Å². The highest BCUT2D eigenvalue weighted by molar-refractivity contribution is 6.33. The van der Waals surface area contributed by atoms with Crippen molar-refractivity contribution in [2.45, 2.75) is 38.1 Å². The largest absolute Gasteiger partial charge is 0.367 e. The van der Waals surface area contributed by atoms with Crippen molar-refractivity contribution in [2.24, 2.45) is 11.8 Å². The number of halogens is 1. The van der Waals surface area contributed by atoms with Crippen LogP contribution >= 0.6 is 11.6 Å². The lowest BCUT2D eigenvalue weighted by molar-refractivity contribution is -0.133. The van der Waals surface area contributed by atoms with Crippen molar-refractivity contribution in [3.8, 4) is 0 Å². The van der Waals surface area contributed by atoms with Crippen LogP contribution < -0.4 is 15.8 Å². The molecule has 2 aromatic carbocycles. The molecular formula is C26H31ClN4O2. The third-order valence-corrected chi connectivity index (χ3v) is 7.76. The van der Waals surface area contributed by atoms with Crippen LogP contribution in [-0.4, -0.2) is 48.9 Å². The van der Waals surface area contributed by atoms with E-state index < -0.39 is 0 Å². The lowest BCUT2D eigenvalue weighted by Crippen LogP contribution is -2.60. The van der Waals surface area contributed by atoms with Crippen LogP contribution in [0.2, 0.25) is 5.02 Å². The van der Waals surface area contributed by atoms with Gasteiger partial charge in [0.15, 0.2) is 0 Å². The van der Waals surface area contributed by atoms with E-state index in [2.05, 4.69) is 21.8 Å². The quantitative estimate of drug-likeness (QED) is 0.721. The molecule has 0 bridgehead atoms. The zero-order chi connectivity index (χ0) is 22.8. The molecule has 0 spiro atoms. The summed E-state index contributed by atoms with van der Waals surface area (Å²) < 4.78 is 0. The Morgan fingerprint density at radius 2 is 1.79 bits per heavy atom. The van der Waals surface area contributed by atoms with Crippen molar-refractivity contribution in [3.05, 3.63) is 64.7 Å². The average molecular weight is 467 g/mol. The molecule has 0 radical (unpaired) electrons. The molecule has 1 aliphatic carbocycles. The fraction of sp³-hybridized carbons (Fsp3) is 0.462. The van der Waals surface area contributed by atoms with Gasteiger partial charge in [-0.3, -0.25) is 15.0 Å². The summed E-state index contributed by atoms with van der Waals surface area (Å²) >= 11 is 6.35. The molecule has 6 nitrogen and oxygen atoms in total. The molecular weight excluding hydrogens is 436 g/mol. The number of carbonyl (C=O) groups excluding carboxylic acids is 2. The topological polar surface area (TPSA) is 64.7 Å². The number of nitrogens with one attached hydrogen (secondary N) is 2. The molecule has 2 heterocycles.